The summed E-state index contributed by atoms with van der Waals surface area (Å²) in [6.07, 6.45) is 29.3. The zero-order valence-electron chi connectivity index (χ0n) is 53.6. The first-order chi connectivity index (χ1) is 40.1. The normalized spacial score (nSPS) is 16.8. The van der Waals surface area contributed by atoms with Crippen molar-refractivity contribution < 1.29 is 18.2 Å². The van der Waals surface area contributed by atoms with Crippen LogP contribution in [0.5, 0.6) is 0 Å². The Hall–Kier alpha value is -3.07. The number of halogens is 1. The van der Waals surface area contributed by atoms with Crippen molar-refractivity contribution in [1.29, 1.82) is 0 Å². The van der Waals surface area contributed by atoms with Crippen LogP contribution in [0.2, 0.25) is 0 Å². The molecule has 0 aliphatic heterocycles. The molecule has 83 heavy (non-hydrogen) atoms. The number of hydrogen-bond donors (Lipinski definition) is 1. The van der Waals surface area contributed by atoms with Crippen molar-refractivity contribution in [3.05, 3.63) is 161 Å². The Labute approximate surface area is 525 Å². The molecule has 0 saturated heterocycles. The van der Waals surface area contributed by atoms with Crippen molar-refractivity contribution >= 4 is 41.7 Å². The van der Waals surface area contributed by atoms with Gasteiger partial charge in [0.1, 0.15) is 0 Å². The van der Waals surface area contributed by atoms with E-state index < -0.39 is 0 Å². The van der Waals surface area contributed by atoms with Crippen LogP contribution in [-0.4, -0.2) is 22.6 Å². The van der Waals surface area contributed by atoms with Crippen molar-refractivity contribution in [2.24, 2.45) is 0 Å². The third-order valence-corrected chi connectivity index (χ3v) is 26.0. The minimum absolute atomic E-state index is 0.0651. The molecule has 5 heteroatoms. The number of benzene rings is 6. The molecule has 0 aromatic heterocycles. The van der Waals surface area contributed by atoms with Crippen molar-refractivity contribution in [2.75, 3.05) is 5.73 Å². The molecule has 2 N–H and O–H groups in total. The van der Waals surface area contributed by atoms with Gasteiger partial charge in [-0.3, -0.25) is 0 Å². The Kier molecular flexibility index (Phi) is 27.5. The van der Waals surface area contributed by atoms with Crippen LogP contribution >= 0.6 is 25.4 Å². The average molecular weight is 1260 g/mol. The van der Waals surface area contributed by atoms with Gasteiger partial charge in [0.05, 0.1) is 0 Å². The molecular formula is C78H108ClNP2Pd. The van der Waals surface area contributed by atoms with Crippen LogP contribution in [0.3, 0.4) is 0 Å². The molecule has 0 amide bonds. The first kappa shape index (κ1) is 67.4. The van der Waals surface area contributed by atoms with E-state index in [-0.39, 0.29) is 15.8 Å². The molecule has 0 heterocycles. The third-order valence-electron chi connectivity index (χ3n) is 19.0. The van der Waals surface area contributed by atoms with Crippen LogP contribution in [0.4, 0.5) is 5.69 Å². The van der Waals surface area contributed by atoms with Crippen LogP contribution in [-0.2, 0) is 18.2 Å². The summed E-state index contributed by atoms with van der Waals surface area (Å²) in [5.41, 5.74) is 28.0. The van der Waals surface area contributed by atoms with E-state index in [1.54, 1.807) is 49.6 Å². The van der Waals surface area contributed by atoms with Crippen molar-refractivity contribution in [1.82, 2.24) is 0 Å². The van der Waals surface area contributed by atoms with Gasteiger partial charge in [-0.05, 0) is 194 Å². The van der Waals surface area contributed by atoms with Gasteiger partial charge in [0.15, 0.2) is 0 Å². The quantitative estimate of drug-likeness (QED) is 0.0472. The number of anilines is 1. The SMILES string of the molecule is CC(C)c1cc(C(C)C)c(-c2cccc(P(C3CCCCC3)C3CCCCC3)c2)c(C(C)C)c1.CC(C)c1cc(C(C)C)c(-c2ccccc2P(C2CCCCC2)C2CCCCC2)c(C(C)C)c1.Nc1ccccc1-c1[c-]cccc1.[Cl][Pd+]. The monoisotopic (exact) mass is 1260 g/mol. The van der Waals surface area contributed by atoms with E-state index in [0.717, 1.165) is 39.5 Å². The molecule has 0 unspecified atom stereocenters. The summed E-state index contributed by atoms with van der Waals surface area (Å²) < 4.78 is 0. The Bertz CT molecular complexity index is 2770. The molecule has 1 nitrogen and oxygen atoms in total. The van der Waals surface area contributed by atoms with E-state index in [4.69, 9.17) is 5.73 Å². The summed E-state index contributed by atoms with van der Waals surface area (Å²) in [6, 6.07) is 48.7. The number of nitrogen functional groups attached to an aromatic ring is 1. The van der Waals surface area contributed by atoms with Gasteiger partial charge in [-0.2, -0.15) is 0 Å². The fraction of sp³-hybridized carbons (Fsp3) is 0.538. The first-order valence-electron chi connectivity index (χ1n) is 33.2. The van der Waals surface area contributed by atoms with Gasteiger partial charge in [0.2, 0.25) is 0 Å². The fourth-order valence-corrected chi connectivity index (χ4v) is 22.2. The maximum atomic E-state index is 5.83. The summed E-state index contributed by atoms with van der Waals surface area (Å²) in [5, 5.41) is 3.46. The fourth-order valence-electron chi connectivity index (χ4n) is 14.4. The maximum absolute atomic E-state index is 5.83. The summed E-state index contributed by atoms with van der Waals surface area (Å²) in [5.74, 6) is 3.28. The zero-order valence-corrected chi connectivity index (χ0v) is 57.7. The van der Waals surface area contributed by atoms with Gasteiger partial charge in [-0.15, -0.1) is 35.9 Å². The predicted octanol–water partition coefficient (Wildman–Crippen LogP) is 24.4. The second kappa shape index (κ2) is 33.9. The third kappa shape index (κ3) is 18.0. The number of hydrogen-bond acceptors (Lipinski definition) is 1. The Morgan fingerprint density at radius 2 is 0.783 bits per heavy atom. The second-order valence-electron chi connectivity index (χ2n) is 27.0. The van der Waals surface area contributed by atoms with E-state index in [2.05, 4.69) is 190 Å². The molecule has 4 aliphatic rings. The van der Waals surface area contributed by atoms with Crippen LogP contribution in [0.15, 0.2) is 121 Å². The van der Waals surface area contributed by atoms with Gasteiger partial charge >= 0.3 is 27.7 Å². The summed E-state index contributed by atoms with van der Waals surface area (Å²) in [4.78, 5) is 0. The Morgan fingerprint density at radius 3 is 1.18 bits per heavy atom. The molecule has 6 aromatic rings. The number of nitrogens with two attached hydrogens (primary N) is 1. The van der Waals surface area contributed by atoms with Crippen LogP contribution in [0.25, 0.3) is 33.4 Å². The standard InChI is InChI=1S/2C33H49P.C12H10N.ClH.Pd/c1-23(2)27-21-31(24(3)4)33(32(22-27)25(5)6)26-14-13-19-30(20-26)34(28-15-9-7-10-16-28)29-17-11-8-12-18-29;1-23(2)26-21-30(24(3)4)33(31(22-26)25(5)6)29-19-13-14-20-32(29)34(27-15-9-7-10-16-27)28-17-11-8-12-18-28;13-12-9-5-4-8-11(12)10-6-2-1-3-7-10;;/h13-14,19-25,28-29H,7-12,15-18H2,1-6H3;13-14,19-25,27-28H,7-12,15-18H2,1-6H3;1-6,8-9H,13H2;1H;/q;;-1;;+2/p-1. The van der Waals surface area contributed by atoms with Crippen LogP contribution < -0.4 is 16.3 Å². The molecule has 452 valence electrons. The van der Waals surface area contributed by atoms with Gasteiger partial charge in [0.25, 0.3) is 0 Å². The topological polar surface area (TPSA) is 26.0 Å². The van der Waals surface area contributed by atoms with Gasteiger partial charge in [-0.1, -0.05) is 266 Å². The van der Waals surface area contributed by atoms with Gasteiger partial charge in [0, 0.05) is 0 Å². The van der Waals surface area contributed by atoms with E-state index in [1.807, 2.05) is 48.5 Å². The van der Waals surface area contributed by atoms with E-state index in [0.29, 0.717) is 35.5 Å². The van der Waals surface area contributed by atoms with E-state index in [1.165, 1.54) is 145 Å². The van der Waals surface area contributed by atoms with Crippen LogP contribution in [0, 0.1) is 6.07 Å². The Morgan fingerprint density at radius 1 is 0.398 bits per heavy atom. The average Bonchev–Trinajstić information content (AvgIpc) is 3.71. The molecule has 0 bridgehead atoms. The molecule has 0 atom stereocenters. The number of rotatable bonds is 15. The molecule has 6 aromatic carbocycles. The zero-order chi connectivity index (χ0) is 59.6. The molecule has 4 fully saturated rings. The second-order valence-corrected chi connectivity index (χ2v) is 32.5. The Balaban J connectivity index is 0.000000192. The molecule has 4 saturated carbocycles. The van der Waals surface area contributed by atoms with E-state index >= 15 is 0 Å². The van der Waals surface area contributed by atoms with Crippen LogP contribution in [0.1, 0.15) is 280 Å². The summed E-state index contributed by atoms with van der Waals surface area (Å²) in [7, 11) is 4.30. The molecule has 0 spiro atoms. The molecule has 10 rings (SSSR count). The van der Waals surface area contributed by atoms with Crippen molar-refractivity contribution in [3.63, 3.8) is 0 Å². The molecular weight excluding hydrogens is 1150 g/mol. The van der Waals surface area contributed by atoms with Gasteiger partial charge in [-0.25, -0.2) is 0 Å². The van der Waals surface area contributed by atoms with Crippen molar-refractivity contribution in [3.8, 4) is 33.4 Å². The summed E-state index contributed by atoms with van der Waals surface area (Å²) >= 11 is 2.22. The van der Waals surface area contributed by atoms with Crippen molar-refractivity contribution in [2.45, 2.75) is 270 Å². The molecule has 4 aliphatic carbocycles. The first-order valence-corrected chi connectivity index (χ1v) is 38.1. The predicted molar refractivity (Wildman–Crippen MR) is 370 cm³/mol. The molecule has 0 radical (unpaired) electrons. The minimum atomic E-state index is -0.120. The van der Waals surface area contributed by atoms with Gasteiger partial charge < -0.3 is 5.73 Å². The number of para-hydroxylation sites is 1. The summed E-state index contributed by atoms with van der Waals surface area (Å²) in [6.45, 7) is 28.5. The van der Waals surface area contributed by atoms with E-state index in [9.17, 15) is 0 Å².